The second-order valence-electron chi connectivity index (χ2n) is 7.17. The van der Waals surface area contributed by atoms with Gasteiger partial charge in [-0.25, -0.2) is 4.98 Å². The molecule has 0 bridgehead atoms. The number of unbranched alkanes of at least 4 members (excludes halogenated alkanes) is 2. The molecule has 29 heavy (non-hydrogen) atoms. The lowest BCUT2D eigenvalue weighted by Crippen LogP contribution is -2.05. The van der Waals surface area contributed by atoms with Crippen LogP contribution in [0, 0.1) is 0 Å². The SMILES string of the molecule is CCCOCCOCCCCCc1nc(-c2ccccc2)c(-c2ccccc2)[nH]1. The zero-order valence-corrected chi connectivity index (χ0v) is 17.4. The number of H-pyrrole nitrogens is 1. The van der Waals surface area contributed by atoms with Crippen molar-refractivity contribution in [3.63, 3.8) is 0 Å². The molecule has 1 heterocycles. The molecule has 0 saturated carbocycles. The zero-order valence-electron chi connectivity index (χ0n) is 17.4. The first-order valence-electron chi connectivity index (χ1n) is 10.7. The van der Waals surface area contributed by atoms with E-state index in [-0.39, 0.29) is 0 Å². The van der Waals surface area contributed by atoms with Crippen molar-refractivity contribution in [3.05, 3.63) is 66.5 Å². The molecule has 4 heteroatoms. The lowest BCUT2D eigenvalue weighted by molar-refractivity contribution is 0.0466. The van der Waals surface area contributed by atoms with Gasteiger partial charge < -0.3 is 14.5 Å². The van der Waals surface area contributed by atoms with Crippen molar-refractivity contribution in [1.29, 1.82) is 0 Å². The minimum Gasteiger partial charge on any atom is -0.379 e. The van der Waals surface area contributed by atoms with Gasteiger partial charge in [-0.05, 0) is 19.3 Å². The van der Waals surface area contributed by atoms with Gasteiger partial charge in [0.05, 0.1) is 24.6 Å². The van der Waals surface area contributed by atoms with Crippen molar-refractivity contribution in [2.45, 2.75) is 39.0 Å². The van der Waals surface area contributed by atoms with E-state index in [9.17, 15) is 0 Å². The van der Waals surface area contributed by atoms with Crippen LogP contribution in [0.1, 0.15) is 38.4 Å². The molecular weight excluding hydrogens is 360 g/mol. The first-order chi connectivity index (χ1) is 14.4. The Labute approximate surface area is 174 Å². The Bertz CT molecular complexity index is 758. The first kappa shape index (κ1) is 21.3. The summed E-state index contributed by atoms with van der Waals surface area (Å²) in [5, 5.41) is 0. The molecule has 0 aliphatic carbocycles. The van der Waals surface area contributed by atoms with E-state index < -0.39 is 0 Å². The maximum atomic E-state index is 5.62. The van der Waals surface area contributed by atoms with Crippen LogP contribution in [0.25, 0.3) is 22.5 Å². The predicted octanol–water partition coefficient (Wildman–Crippen LogP) is 5.90. The standard InChI is InChI=1S/C25H32N2O2/c1-2-17-28-19-20-29-18-11-5-10-16-23-26-24(21-12-6-3-7-13-21)25(27-23)22-14-8-4-9-15-22/h3-4,6-9,12-15H,2,5,10-11,16-20H2,1H3,(H,26,27). The molecule has 3 rings (SSSR count). The summed E-state index contributed by atoms with van der Waals surface area (Å²) in [5.41, 5.74) is 4.45. The Morgan fingerprint density at radius 1 is 0.724 bits per heavy atom. The van der Waals surface area contributed by atoms with Gasteiger partial charge >= 0.3 is 0 Å². The largest absolute Gasteiger partial charge is 0.379 e. The van der Waals surface area contributed by atoms with E-state index in [0.717, 1.165) is 68.1 Å². The minimum absolute atomic E-state index is 0.694. The molecule has 3 aromatic rings. The van der Waals surface area contributed by atoms with Crippen LogP contribution in [0.2, 0.25) is 0 Å². The summed E-state index contributed by atoms with van der Waals surface area (Å²) in [4.78, 5) is 8.50. The Hall–Kier alpha value is -2.43. The van der Waals surface area contributed by atoms with Crippen LogP contribution in [-0.4, -0.2) is 36.4 Å². The van der Waals surface area contributed by atoms with Crippen molar-refractivity contribution in [3.8, 4) is 22.5 Å². The number of rotatable bonds is 13. The number of nitrogens with zero attached hydrogens (tertiary/aromatic N) is 1. The first-order valence-corrected chi connectivity index (χ1v) is 10.7. The number of benzene rings is 2. The van der Waals surface area contributed by atoms with E-state index in [4.69, 9.17) is 14.5 Å². The molecule has 0 saturated heterocycles. The van der Waals surface area contributed by atoms with E-state index in [2.05, 4.69) is 60.4 Å². The van der Waals surface area contributed by atoms with Gasteiger partial charge in [-0.1, -0.05) is 74.0 Å². The lowest BCUT2D eigenvalue weighted by Gasteiger charge is -2.04. The Morgan fingerprint density at radius 2 is 1.38 bits per heavy atom. The third kappa shape index (κ3) is 6.84. The fourth-order valence-electron chi connectivity index (χ4n) is 3.30. The van der Waals surface area contributed by atoms with Crippen LogP contribution in [0.5, 0.6) is 0 Å². The van der Waals surface area contributed by atoms with Gasteiger partial charge in [0.15, 0.2) is 0 Å². The lowest BCUT2D eigenvalue weighted by atomic mass is 10.1. The monoisotopic (exact) mass is 392 g/mol. The molecule has 0 unspecified atom stereocenters. The number of hydrogen-bond acceptors (Lipinski definition) is 3. The van der Waals surface area contributed by atoms with E-state index >= 15 is 0 Å². The molecule has 4 nitrogen and oxygen atoms in total. The van der Waals surface area contributed by atoms with E-state index in [0.29, 0.717) is 13.2 Å². The summed E-state index contributed by atoms with van der Waals surface area (Å²) in [7, 11) is 0. The van der Waals surface area contributed by atoms with Crippen molar-refractivity contribution < 1.29 is 9.47 Å². The average molecular weight is 393 g/mol. The Morgan fingerprint density at radius 3 is 2.07 bits per heavy atom. The fourth-order valence-corrected chi connectivity index (χ4v) is 3.30. The van der Waals surface area contributed by atoms with Crippen molar-refractivity contribution >= 4 is 0 Å². The summed E-state index contributed by atoms with van der Waals surface area (Å²) in [6.45, 7) is 5.13. The third-order valence-corrected chi connectivity index (χ3v) is 4.79. The van der Waals surface area contributed by atoms with Crippen LogP contribution < -0.4 is 0 Å². The molecule has 0 spiro atoms. The number of ether oxygens (including phenoxy) is 2. The fraction of sp³-hybridized carbons (Fsp3) is 0.400. The van der Waals surface area contributed by atoms with Crippen LogP contribution in [-0.2, 0) is 15.9 Å². The van der Waals surface area contributed by atoms with Crippen LogP contribution in [0.15, 0.2) is 60.7 Å². The second-order valence-corrected chi connectivity index (χ2v) is 7.17. The smallest absolute Gasteiger partial charge is 0.107 e. The van der Waals surface area contributed by atoms with Gasteiger partial charge in [-0.2, -0.15) is 0 Å². The average Bonchev–Trinajstić information content (AvgIpc) is 3.20. The van der Waals surface area contributed by atoms with Crippen molar-refractivity contribution in [2.75, 3.05) is 26.4 Å². The highest BCUT2D eigenvalue weighted by molar-refractivity contribution is 5.78. The maximum Gasteiger partial charge on any atom is 0.107 e. The summed E-state index contributed by atoms with van der Waals surface area (Å²) in [6, 6.07) is 20.8. The van der Waals surface area contributed by atoms with E-state index in [1.54, 1.807) is 0 Å². The predicted molar refractivity (Wildman–Crippen MR) is 119 cm³/mol. The molecule has 2 aromatic carbocycles. The quantitative estimate of drug-likeness (QED) is 0.368. The van der Waals surface area contributed by atoms with Gasteiger partial charge in [0, 0.05) is 30.8 Å². The molecule has 0 atom stereocenters. The molecule has 1 aromatic heterocycles. The highest BCUT2D eigenvalue weighted by Crippen LogP contribution is 2.30. The third-order valence-electron chi connectivity index (χ3n) is 4.79. The number of nitrogens with one attached hydrogen (secondary N) is 1. The summed E-state index contributed by atoms with van der Waals surface area (Å²) in [6.07, 6.45) is 5.33. The molecular formula is C25H32N2O2. The number of hydrogen-bond donors (Lipinski definition) is 1. The summed E-state index contributed by atoms with van der Waals surface area (Å²) < 4.78 is 11.0. The molecule has 0 radical (unpaired) electrons. The van der Waals surface area contributed by atoms with Gasteiger partial charge in [-0.3, -0.25) is 0 Å². The number of aromatic amines is 1. The topological polar surface area (TPSA) is 47.1 Å². The molecule has 154 valence electrons. The van der Waals surface area contributed by atoms with Gasteiger partial charge in [0.1, 0.15) is 5.82 Å². The Kier molecular flexibility index (Phi) is 8.95. The van der Waals surface area contributed by atoms with E-state index in [1.165, 1.54) is 5.56 Å². The maximum absolute atomic E-state index is 5.62. The molecule has 1 N–H and O–H groups in total. The van der Waals surface area contributed by atoms with Crippen molar-refractivity contribution in [1.82, 2.24) is 9.97 Å². The molecule has 0 fully saturated rings. The van der Waals surface area contributed by atoms with Gasteiger partial charge in [0.2, 0.25) is 0 Å². The number of aryl methyl sites for hydroxylation is 1. The van der Waals surface area contributed by atoms with Gasteiger partial charge in [-0.15, -0.1) is 0 Å². The zero-order chi connectivity index (χ0) is 20.2. The highest BCUT2D eigenvalue weighted by atomic mass is 16.5. The second kappa shape index (κ2) is 12.2. The minimum atomic E-state index is 0.694. The molecule has 0 aliphatic heterocycles. The van der Waals surface area contributed by atoms with Crippen LogP contribution in [0.4, 0.5) is 0 Å². The van der Waals surface area contributed by atoms with E-state index in [1.807, 2.05) is 12.1 Å². The summed E-state index contributed by atoms with van der Waals surface area (Å²) >= 11 is 0. The van der Waals surface area contributed by atoms with Gasteiger partial charge in [0.25, 0.3) is 0 Å². The number of imidazole rings is 1. The Balaban J connectivity index is 1.51. The molecule has 0 aliphatic rings. The van der Waals surface area contributed by atoms with Crippen molar-refractivity contribution in [2.24, 2.45) is 0 Å². The number of aromatic nitrogens is 2. The van der Waals surface area contributed by atoms with Crippen LogP contribution >= 0.6 is 0 Å². The van der Waals surface area contributed by atoms with Crippen LogP contribution in [0.3, 0.4) is 0 Å². The highest BCUT2D eigenvalue weighted by Gasteiger charge is 2.13. The molecule has 0 amide bonds. The normalized spacial score (nSPS) is 11.1. The summed E-state index contributed by atoms with van der Waals surface area (Å²) in [5.74, 6) is 1.05.